The SMILES string of the molecule is COc1cccc(/C=C/C2CC(=O)N2)c1. The fourth-order valence-corrected chi connectivity index (χ4v) is 1.47. The Kier molecular flexibility index (Phi) is 2.72. The maximum Gasteiger partial charge on any atom is 0.222 e. The largest absolute Gasteiger partial charge is 0.497 e. The first-order valence-corrected chi connectivity index (χ1v) is 4.89. The van der Waals surface area contributed by atoms with Crippen molar-refractivity contribution in [2.45, 2.75) is 12.5 Å². The number of carbonyl (C=O) groups is 1. The van der Waals surface area contributed by atoms with E-state index in [1.807, 2.05) is 36.4 Å². The molecule has 0 aromatic heterocycles. The Bertz CT molecular complexity index is 390. The van der Waals surface area contributed by atoms with Gasteiger partial charge < -0.3 is 10.1 Å². The second kappa shape index (κ2) is 4.17. The first-order chi connectivity index (χ1) is 7.28. The molecule has 1 fully saturated rings. The van der Waals surface area contributed by atoms with Crippen LogP contribution in [0, 0.1) is 0 Å². The Morgan fingerprint density at radius 3 is 3.00 bits per heavy atom. The normalized spacial score (nSPS) is 19.8. The van der Waals surface area contributed by atoms with E-state index in [0.717, 1.165) is 11.3 Å². The fraction of sp³-hybridized carbons (Fsp3) is 0.250. The minimum absolute atomic E-state index is 0.121. The zero-order valence-electron chi connectivity index (χ0n) is 8.57. The molecule has 1 saturated heterocycles. The van der Waals surface area contributed by atoms with Crippen LogP contribution in [0.4, 0.5) is 0 Å². The Labute approximate surface area is 88.8 Å². The van der Waals surface area contributed by atoms with E-state index in [4.69, 9.17) is 4.74 Å². The third-order valence-corrected chi connectivity index (χ3v) is 2.37. The number of benzene rings is 1. The van der Waals surface area contributed by atoms with Crippen molar-refractivity contribution in [2.24, 2.45) is 0 Å². The van der Waals surface area contributed by atoms with E-state index < -0.39 is 0 Å². The summed E-state index contributed by atoms with van der Waals surface area (Å²) in [6.45, 7) is 0. The second-order valence-corrected chi connectivity index (χ2v) is 3.51. The summed E-state index contributed by atoms with van der Waals surface area (Å²) in [6.07, 6.45) is 4.59. The molecule has 1 amide bonds. The van der Waals surface area contributed by atoms with Gasteiger partial charge >= 0.3 is 0 Å². The van der Waals surface area contributed by atoms with Crippen molar-refractivity contribution >= 4 is 12.0 Å². The van der Waals surface area contributed by atoms with Crippen LogP contribution >= 0.6 is 0 Å². The fourth-order valence-electron chi connectivity index (χ4n) is 1.47. The minimum Gasteiger partial charge on any atom is -0.497 e. The lowest BCUT2D eigenvalue weighted by atomic mass is 10.0. The van der Waals surface area contributed by atoms with Crippen LogP contribution < -0.4 is 10.1 Å². The van der Waals surface area contributed by atoms with Crippen LogP contribution in [-0.4, -0.2) is 19.1 Å². The number of hydrogen-bond donors (Lipinski definition) is 1. The highest BCUT2D eigenvalue weighted by Crippen LogP contribution is 2.15. The first kappa shape index (κ1) is 9.77. The molecule has 0 radical (unpaired) electrons. The van der Waals surface area contributed by atoms with Crippen molar-refractivity contribution in [3.8, 4) is 5.75 Å². The molecule has 1 atom stereocenters. The molecule has 1 aromatic rings. The first-order valence-electron chi connectivity index (χ1n) is 4.89. The Hall–Kier alpha value is -1.77. The van der Waals surface area contributed by atoms with Crippen molar-refractivity contribution in [2.75, 3.05) is 7.11 Å². The molecule has 1 heterocycles. The second-order valence-electron chi connectivity index (χ2n) is 3.51. The molecule has 1 unspecified atom stereocenters. The molecule has 1 aliphatic heterocycles. The summed E-state index contributed by atoms with van der Waals surface area (Å²) >= 11 is 0. The molecule has 3 nitrogen and oxygen atoms in total. The lowest BCUT2D eigenvalue weighted by Crippen LogP contribution is -2.46. The number of hydrogen-bond acceptors (Lipinski definition) is 2. The van der Waals surface area contributed by atoms with Crippen LogP contribution in [0.15, 0.2) is 30.3 Å². The third kappa shape index (κ3) is 2.37. The molecule has 0 spiro atoms. The van der Waals surface area contributed by atoms with Gasteiger partial charge in [-0.25, -0.2) is 0 Å². The summed E-state index contributed by atoms with van der Waals surface area (Å²) in [5.41, 5.74) is 1.08. The van der Waals surface area contributed by atoms with E-state index in [9.17, 15) is 4.79 Å². The summed E-state index contributed by atoms with van der Waals surface area (Å²) in [7, 11) is 1.65. The van der Waals surface area contributed by atoms with Crippen LogP contribution in [0.2, 0.25) is 0 Å². The van der Waals surface area contributed by atoms with Gasteiger partial charge in [0.2, 0.25) is 5.91 Å². The molecule has 1 N–H and O–H groups in total. The third-order valence-electron chi connectivity index (χ3n) is 2.37. The van der Waals surface area contributed by atoms with Gasteiger partial charge in [0.05, 0.1) is 19.6 Å². The van der Waals surface area contributed by atoms with E-state index in [0.29, 0.717) is 6.42 Å². The van der Waals surface area contributed by atoms with Crippen LogP contribution in [0.3, 0.4) is 0 Å². The summed E-state index contributed by atoms with van der Waals surface area (Å²) in [6, 6.07) is 8.00. The molecule has 2 rings (SSSR count). The zero-order chi connectivity index (χ0) is 10.7. The monoisotopic (exact) mass is 203 g/mol. The summed E-state index contributed by atoms with van der Waals surface area (Å²) in [5, 5.41) is 2.78. The number of β-lactam (4-membered cyclic amide) rings is 1. The summed E-state index contributed by atoms with van der Waals surface area (Å²) in [4.78, 5) is 10.7. The predicted octanol–water partition coefficient (Wildman–Crippen LogP) is 1.60. The molecular weight excluding hydrogens is 190 g/mol. The molecule has 0 saturated carbocycles. The van der Waals surface area contributed by atoms with Gasteiger partial charge in [0.25, 0.3) is 0 Å². The standard InChI is InChI=1S/C12H13NO2/c1-15-11-4-2-3-9(7-11)5-6-10-8-12(14)13-10/h2-7,10H,8H2,1H3,(H,13,14)/b6-5+. The lowest BCUT2D eigenvalue weighted by molar-refractivity contribution is -0.127. The lowest BCUT2D eigenvalue weighted by Gasteiger charge is -2.23. The van der Waals surface area contributed by atoms with Gasteiger partial charge in [-0.15, -0.1) is 0 Å². The zero-order valence-corrected chi connectivity index (χ0v) is 8.57. The number of carbonyl (C=O) groups excluding carboxylic acids is 1. The topological polar surface area (TPSA) is 38.3 Å². The highest BCUT2D eigenvalue weighted by molar-refractivity contribution is 5.84. The highest BCUT2D eigenvalue weighted by Gasteiger charge is 2.21. The van der Waals surface area contributed by atoms with Crippen molar-refractivity contribution in [3.63, 3.8) is 0 Å². The van der Waals surface area contributed by atoms with Crippen molar-refractivity contribution in [1.82, 2.24) is 5.32 Å². The average Bonchev–Trinajstić information content (AvgIpc) is 2.23. The summed E-state index contributed by atoms with van der Waals surface area (Å²) in [5.74, 6) is 0.963. The Morgan fingerprint density at radius 2 is 2.33 bits per heavy atom. The van der Waals surface area contributed by atoms with Gasteiger partial charge in [-0.05, 0) is 17.7 Å². The number of ether oxygens (including phenoxy) is 1. The molecule has 0 aliphatic carbocycles. The maximum atomic E-state index is 10.7. The van der Waals surface area contributed by atoms with Crippen molar-refractivity contribution in [1.29, 1.82) is 0 Å². The summed E-state index contributed by atoms with van der Waals surface area (Å²) < 4.78 is 5.12. The van der Waals surface area contributed by atoms with Gasteiger partial charge in [-0.2, -0.15) is 0 Å². The van der Waals surface area contributed by atoms with Gasteiger partial charge in [0.1, 0.15) is 5.75 Å². The van der Waals surface area contributed by atoms with Gasteiger partial charge in [-0.1, -0.05) is 24.3 Å². The van der Waals surface area contributed by atoms with Crippen LogP contribution in [0.5, 0.6) is 5.75 Å². The quantitative estimate of drug-likeness (QED) is 0.758. The number of rotatable bonds is 3. The maximum absolute atomic E-state index is 10.7. The van der Waals surface area contributed by atoms with Gasteiger partial charge in [-0.3, -0.25) is 4.79 Å². The van der Waals surface area contributed by atoms with E-state index in [1.165, 1.54) is 0 Å². The predicted molar refractivity (Wildman–Crippen MR) is 58.6 cm³/mol. The van der Waals surface area contributed by atoms with Crippen molar-refractivity contribution in [3.05, 3.63) is 35.9 Å². The smallest absolute Gasteiger partial charge is 0.222 e. The molecule has 0 bridgehead atoms. The van der Waals surface area contributed by atoms with E-state index in [2.05, 4.69) is 5.32 Å². The highest BCUT2D eigenvalue weighted by atomic mass is 16.5. The average molecular weight is 203 g/mol. The minimum atomic E-state index is 0.121. The molecule has 3 heteroatoms. The molecular formula is C12H13NO2. The van der Waals surface area contributed by atoms with E-state index in [1.54, 1.807) is 7.11 Å². The van der Waals surface area contributed by atoms with Crippen LogP contribution in [0.25, 0.3) is 6.08 Å². The molecule has 1 aliphatic rings. The Morgan fingerprint density at radius 1 is 1.53 bits per heavy atom. The number of nitrogens with one attached hydrogen (secondary N) is 1. The van der Waals surface area contributed by atoms with E-state index in [-0.39, 0.29) is 11.9 Å². The number of amides is 1. The van der Waals surface area contributed by atoms with Gasteiger partial charge in [0.15, 0.2) is 0 Å². The molecule has 78 valence electrons. The van der Waals surface area contributed by atoms with E-state index >= 15 is 0 Å². The number of methoxy groups -OCH3 is 1. The van der Waals surface area contributed by atoms with Crippen molar-refractivity contribution < 1.29 is 9.53 Å². The van der Waals surface area contributed by atoms with Crippen LogP contribution in [0.1, 0.15) is 12.0 Å². The van der Waals surface area contributed by atoms with Gasteiger partial charge in [0, 0.05) is 0 Å². The molecule has 1 aromatic carbocycles. The molecule has 15 heavy (non-hydrogen) atoms. The Balaban J connectivity index is 2.00. The van der Waals surface area contributed by atoms with Crippen LogP contribution in [-0.2, 0) is 4.79 Å².